The van der Waals surface area contributed by atoms with Crippen LogP contribution in [-0.4, -0.2) is 28.3 Å². The Hall–Kier alpha value is -2.26. The summed E-state index contributed by atoms with van der Waals surface area (Å²) < 4.78 is 5.52. The van der Waals surface area contributed by atoms with Crippen molar-refractivity contribution < 1.29 is 4.42 Å². The molecular formula is C13H15N5O. The number of nitriles is 1. The van der Waals surface area contributed by atoms with Crippen molar-refractivity contribution in [3.63, 3.8) is 0 Å². The van der Waals surface area contributed by atoms with E-state index in [0.717, 1.165) is 19.5 Å². The van der Waals surface area contributed by atoms with Crippen molar-refractivity contribution in [3.8, 4) is 17.7 Å². The van der Waals surface area contributed by atoms with Crippen LogP contribution in [0.5, 0.6) is 0 Å². The first-order chi connectivity index (χ1) is 9.33. The topological polar surface area (TPSA) is 87.6 Å². The van der Waals surface area contributed by atoms with Gasteiger partial charge in [-0.3, -0.25) is 0 Å². The fraction of sp³-hybridized carbons (Fsp3) is 0.385. The van der Waals surface area contributed by atoms with Crippen molar-refractivity contribution in [2.75, 3.05) is 13.1 Å². The van der Waals surface area contributed by atoms with Crippen LogP contribution in [0.1, 0.15) is 24.8 Å². The fourth-order valence-electron chi connectivity index (χ4n) is 1.54. The number of rotatable bonds is 6. The molecule has 0 bridgehead atoms. The van der Waals surface area contributed by atoms with Gasteiger partial charge in [0.05, 0.1) is 5.56 Å². The third-order valence-electron chi connectivity index (χ3n) is 2.52. The Balaban J connectivity index is 1.98. The molecule has 6 nitrogen and oxygen atoms in total. The Labute approximate surface area is 111 Å². The summed E-state index contributed by atoms with van der Waals surface area (Å²) >= 11 is 0. The van der Waals surface area contributed by atoms with Crippen molar-refractivity contribution in [1.82, 2.24) is 20.5 Å². The van der Waals surface area contributed by atoms with Crippen LogP contribution in [0, 0.1) is 11.3 Å². The third-order valence-corrected chi connectivity index (χ3v) is 2.52. The molecule has 98 valence electrons. The van der Waals surface area contributed by atoms with Gasteiger partial charge < -0.3 is 9.73 Å². The Morgan fingerprint density at radius 2 is 2.21 bits per heavy atom. The van der Waals surface area contributed by atoms with Crippen LogP contribution in [0.3, 0.4) is 0 Å². The van der Waals surface area contributed by atoms with Crippen molar-refractivity contribution >= 4 is 0 Å². The van der Waals surface area contributed by atoms with E-state index in [1.54, 1.807) is 12.1 Å². The number of nitrogens with zero attached hydrogens (tertiary/aromatic N) is 4. The molecule has 2 aromatic rings. The van der Waals surface area contributed by atoms with Crippen molar-refractivity contribution in [2.45, 2.75) is 19.8 Å². The van der Waals surface area contributed by atoms with Crippen LogP contribution < -0.4 is 5.32 Å². The lowest BCUT2D eigenvalue weighted by atomic mass is 10.3. The van der Waals surface area contributed by atoms with E-state index >= 15 is 0 Å². The zero-order valence-corrected chi connectivity index (χ0v) is 10.8. The normalized spacial score (nSPS) is 10.3. The maximum atomic E-state index is 8.70. The predicted octanol–water partition coefficient (Wildman–Crippen LogP) is 1.55. The minimum Gasteiger partial charge on any atom is -0.419 e. The molecule has 0 radical (unpaired) electrons. The van der Waals surface area contributed by atoms with E-state index in [4.69, 9.17) is 9.68 Å². The number of pyridine rings is 1. The number of hydrogen-bond donors (Lipinski definition) is 1. The second kappa shape index (κ2) is 6.61. The van der Waals surface area contributed by atoms with E-state index in [1.807, 2.05) is 6.07 Å². The molecule has 0 saturated heterocycles. The van der Waals surface area contributed by atoms with Gasteiger partial charge in [0.1, 0.15) is 11.8 Å². The minimum absolute atomic E-state index is 0.384. The molecule has 0 amide bonds. The maximum absolute atomic E-state index is 8.70. The molecule has 0 saturated carbocycles. The molecule has 2 heterocycles. The van der Waals surface area contributed by atoms with Crippen LogP contribution in [-0.2, 0) is 6.42 Å². The van der Waals surface area contributed by atoms with Crippen molar-refractivity contribution in [3.05, 3.63) is 29.8 Å². The molecule has 0 aromatic carbocycles. The Morgan fingerprint density at radius 1 is 1.32 bits per heavy atom. The molecule has 0 atom stereocenters. The highest BCUT2D eigenvalue weighted by Gasteiger charge is 2.09. The van der Waals surface area contributed by atoms with Gasteiger partial charge in [-0.05, 0) is 25.1 Å². The fourth-order valence-corrected chi connectivity index (χ4v) is 1.54. The molecule has 2 aromatic heterocycles. The van der Waals surface area contributed by atoms with E-state index in [1.165, 1.54) is 6.20 Å². The smallest absolute Gasteiger partial charge is 0.266 e. The van der Waals surface area contributed by atoms with Gasteiger partial charge in [0, 0.05) is 19.2 Å². The Bertz CT molecular complexity index is 555. The van der Waals surface area contributed by atoms with Gasteiger partial charge in [0.25, 0.3) is 5.89 Å². The standard InChI is InChI=1S/C13H15N5O/c1-2-6-15-7-5-12-17-18-13(19-12)11-4-3-10(8-14)9-16-11/h3-4,9,15H,2,5-7H2,1H3. The summed E-state index contributed by atoms with van der Waals surface area (Å²) in [4.78, 5) is 4.11. The number of hydrogen-bond acceptors (Lipinski definition) is 6. The molecule has 0 aliphatic carbocycles. The van der Waals surface area contributed by atoms with E-state index in [0.29, 0.717) is 29.5 Å². The highest BCUT2D eigenvalue weighted by molar-refractivity contribution is 5.47. The predicted molar refractivity (Wildman–Crippen MR) is 69.1 cm³/mol. The van der Waals surface area contributed by atoms with Gasteiger partial charge in [-0.1, -0.05) is 6.92 Å². The average molecular weight is 257 g/mol. The van der Waals surface area contributed by atoms with Crippen LogP contribution in [0.15, 0.2) is 22.7 Å². The average Bonchev–Trinajstić information content (AvgIpc) is 2.92. The van der Waals surface area contributed by atoms with E-state index in [9.17, 15) is 0 Å². The first-order valence-electron chi connectivity index (χ1n) is 6.23. The molecule has 6 heteroatoms. The molecule has 2 rings (SSSR count). The van der Waals surface area contributed by atoms with Gasteiger partial charge in [-0.15, -0.1) is 10.2 Å². The minimum atomic E-state index is 0.384. The molecule has 0 unspecified atom stereocenters. The van der Waals surface area contributed by atoms with Crippen LogP contribution in [0.2, 0.25) is 0 Å². The lowest BCUT2D eigenvalue weighted by molar-refractivity contribution is 0.493. The number of nitrogens with one attached hydrogen (secondary N) is 1. The summed E-state index contributed by atoms with van der Waals surface area (Å²) in [6.45, 7) is 3.92. The SMILES string of the molecule is CCCNCCc1nnc(-c2ccc(C#N)cn2)o1. The summed E-state index contributed by atoms with van der Waals surface area (Å²) in [6, 6.07) is 5.39. The van der Waals surface area contributed by atoms with Gasteiger partial charge in [-0.25, -0.2) is 4.98 Å². The molecule has 0 aliphatic rings. The lowest BCUT2D eigenvalue weighted by Gasteiger charge is -1.98. The van der Waals surface area contributed by atoms with Crippen molar-refractivity contribution in [2.24, 2.45) is 0 Å². The van der Waals surface area contributed by atoms with Crippen LogP contribution in [0.4, 0.5) is 0 Å². The molecular weight excluding hydrogens is 242 g/mol. The largest absolute Gasteiger partial charge is 0.419 e. The zero-order chi connectivity index (χ0) is 13.5. The first kappa shape index (κ1) is 13.2. The van der Waals surface area contributed by atoms with E-state index in [2.05, 4.69) is 27.4 Å². The van der Waals surface area contributed by atoms with Gasteiger partial charge >= 0.3 is 0 Å². The second-order valence-corrected chi connectivity index (χ2v) is 4.04. The molecule has 0 aliphatic heterocycles. The van der Waals surface area contributed by atoms with Crippen molar-refractivity contribution in [1.29, 1.82) is 5.26 Å². The zero-order valence-electron chi connectivity index (χ0n) is 10.8. The highest BCUT2D eigenvalue weighted by Crippen LogP contribution is 2.15. The van der Waals surface area contributed by atoms with Crippen LogP contribution in [0.25, 0.3) is 11.6 Å². The lowest BCUT2D eigenvalue weighted by Crippen LogP contribution is -2.17. The number of aromatic nitrogens is 3. The summed E-state index contributed by atoms with van der Waals surface area (Å²) in [5, 5.41) is 19.9. The molecule has 0 fully saturated rings. The Morgan fingerprint density at radius 3 is 2.89 bits per heavy atom. The Kier molecular flexibility index (Phi) is 4.59. The van der Waals surface area contributed by atoms with E-state index in [-0.39, 0.29) is 0 Å². The van der Waals surface area contributed by atoms with Crippen LogP contribution >= 0.6 is 0 Å². The first-order valence-corrected chi connectivity index (χ1v) is 6.23. The van der Waals surface area contributed by atoms with Gasteiger partial charge in [0.15, 0.2) is 0 Å². The van der Waals surface area contributed by atoms with Gasteiger partial charge in [-0.2, -0.15) is 5.26 Å². The molecule has 19 heavy (non-hydrogen) atoms. The summed E-state index contributed by atoms with van der Waals surface area (Å²) in [5.41, 5.74) is 1.09. The van der Waals surface area contributed by atoms with Gasteiger partial charge in [0.2, 0.25) is 5.89 Å². The maximum Gasteiger partial charge on any atom is 0.266 e. The third kappa shape index (κ3) is 3.60. The summed E-state index contributed by atoms with van der Waals surface area (Å²) in [7, 11) is 0. The molecule has 1 N–H and O–H groups in total. The monoisotopic (exact) mass is 257 g/mol. The molecule has 0 spiro atoms. The summed E-state index contributed by atoms with van der Waals surface area (Å²) in [6.07, 6.45) is 3.29. The quantitative estimate of drug-likeness (QED) is 0.790. The van der Waals surface area contributed by atoms with E-state index < -0.39 is 0 Å². The summed E-state index contributed by atoms with van der Waals surface area (Å²) in [5.74, 6) is 0.972. The second-order valence-electron chi connectivity index (χ2n) is 4.04. The highest BCUT2D eigenvalue weighted by atomic mass is 16.4.